The molecule has 2 aromatic heterocycles. The first-order valence-corrected chi connectivity index (χ1v) is 13.3. The highest BCUT2D eigenvalue weighted by molar-refractivity contribution is 7.89. The third-order valence-electron chi connectivity index (χ3n) is 6.37. The van der Waals surface area contributed by atoms with E-state index in [9.17, 15) is 22.0 Å². The number of anilines is 1. The van der Waals surface area contributed by atoms with Gasteiger partial charge in [0.25, 0.3) is 5.92 Å². The van der Waals surface area contributed by atoms with Crippen LogP contribution in [0.2, 0.25) is 0 Å². The maximum atomic E-state index is 14.0. The van der Waals surface area contributed by atoms with Crippen LogP contribution in [-0.4, -0.2) is 81.1 Å². The van der Waals surface area contributed by atoms with E-state index >= 15 is 0 Å². The molecular weight excluding hydrogens is 504 g/mol. The van der Waals surface area contributed by atoms with E-state index in [0.717, 1.165) is 5.52 Å². The molecule has 0 saturated carbocycles. The minimum absolute atomic E-state index is 0.0933. The Balaban J connectivity index is 1.72. The number of alkyl halides is 2. The van der Waals surface area contributed by atoms with E-state index in [4.69, 9.17) is 4.74 Å². The highest BCUT2D eigenvalue weighted by atomic mass is 32.2. The SMILES string of the molecule is COCCN(C)C(=O)C(C)(C)NS(=O)(=O)c1ccc(N2CCC(F)(F)C2)c(-c2cc3ncccc3[nH]2)c1. The summed E-state index contributed by atoms with van der Waals surface area (Å²) in [6, 6.07) is 9.68. The maximum absolute atomic E-state index is 14.0. The largest absolute Gasteiger partial charge is 0.383 e. The van der Waals surface area contributed by atoms with Gasteiger partial charge in [-0.2, -0.15) is 4.72 Å². The van der Waals surface area contributed by atoms with Gasteiger partial charge in [-0.1, -0.05) is 0 Å². The Morgan fingerprint density at radius 2 is 2.05 bits per heavy atom. The first-order chi connectivity index (χ1) is 17.3. The first-order valence-electron chi connectivity index (χ1n) is 11.8. The number of sulfonamides is 1. The van der Waals surface area contributed by atoms with E-state index in [1.807, 2.05) is 6.07 Å². The zero-order valence-electron chi connectivity index (χ0n) is 21.2. The quantitative estimate of drug-likeness (QED) is 0.436. The summed E-state index contributed by atoms with van der Waals surface area (Å²) in [4.78, 5) is 23.3. The van der Waals surface area contributed by atoms with E-state index < -0.39 is 33.9 Å². The van der Waals surface area contributed by atoms with Gasteiger partial charge < -0.3 is 19.5 Å². The van der Waals surface area contributed by atoms with Gasteiger partial charge in [0.05, 0.1) is 34.8 Å². The van der Waals surface area contributed by atoms with Crippen molar-refractivity contribution in [2.45, 2.75) is 36.6 Å². The van der Waals surface area contributed by atoms with Crippen molar-refractivity contribution in [1.29, 1.82) is 0 Å². The summed E-state index contributed by atoms with van der Waals surface area (Å²) < 4.78 is 62.4. The molecule has 1 aromatic carbocycles. The van der Waals surface area contributed by atoms with Crippen molar-refractivity contribution in [1.82, 2.24) is 19.6 Å². The fraction of sp³-hybridized carbons (Fsp3) is 0.440. The van der Waals surface area contributed by atoms with Crippen LogP contribution in [0, 0.1) is 0 Å². The number of benzene rings is 1. The number of halogens is 2. The number of fused-ring (bicyclic) bond motifs is 1. The Kier molecular flexibility index (Phi) is 7.28. The van der Waals surface area contributed by atoms with Crippen LogP contribution in [0.15, 0.2) is 47.5 Å². The van der Waals surface area contributed by atoms with Crippen molar-refractivity contribution in [3.05, 3.63) is 42.6 Å². The van der Waals surface area contributed by atoms with Crippen LogP contribution in [0.1, 0.15) is 20.3 Å². The maximum Gasteiger partial charge on any atom is 0.266 e. The number of rotatable bonds is 9. The molecule has 9 nitrogen and oxygen atoms in total. The summed E-state index contributed by atoms with van der Waals surface area (Å²) in [5.74, 6) is -3.25. The average Bonchev–Trinajstić information content (AvgIpc) is 3.43. The van der Waals surface area contributed by atoms with Crippen LogP contribution in [-0.2, 0) is 19.6 Å². The van der Waals surface area contributed by atoms with Crippen LogP contribution in [0.25, 0.3) is 22.3 Å². The summed E-state index contributed by atoms with van der Waals surface area (Å²) in [5.41, 5.74) is 1.42. The number of nitrogens with one attached hydrogen (secondary N) is 2. The van der Waals surface area contributed by atoms with Crippen molar-refractivity contribution < 1.29 is 26.7 Å². The summed E-state index contributed by atoms with van der Waals surface area (Å²) in [5, 5.41) is 0. The number of carbonyl (C=O) groups excluding carboxylic acids is 1. The molecule has 1 aliphatic rings. The minimum atomic E-state index is -4.17. The number of aromatic nitrogens is 2. The van der Waals surface area contributed by atoms with Crippen LogP contribution < -0.4 is 9.62 Å². The third-order valence-corrected chi connectivity index (χ3v) is 8.02. The average molecular weight is 536 g/mol. The number of methoxy groups -OCH3 is 1. The number of pyridine rings is 1. The number of nitrogens with zero attached hydrogens (tertiary/aromatic N) is 3. The fourth-order valence-electron chi connectivity index (χ4n) is 4.46. The summed E-state index contributed by atoms with van der Waals surface area (Å²) in [7, 11) is -1.08. The van der Waals surface area contributed by atoms with Crippen molar-refractivity contribution in [2.24, 2.45) is 0 Å². The fourth-order valence-corrected chi connectivity index (χ4v) is 5.86. The second-order valence-electron chi connectivity index (χ2n) is 9.78. The Morgan fingerprint density at radius 1 is 1.30 bits per heavy atom. The lowest BCUT2D eigenvalue weighted by atomic mass is 10.1. The van der Waals surface area contributed by atoms with E-state index in [1.54, 1.807) is 30.3 Å². The predicted octanol–water partition coefficient (Wildman–Crippen LogP) is 3.24. The standard InChI is InChI=1S/C25H31F2N5O4S/c1-24(2,23(33)31(3)12-13-36-4)30-37(34,35)17-7-8-22(32-11-9-25(26,27)16-32)18(14-17)20-15-21-19(29-20)6-5-10-28-21/h5-8,10,14-15,29-30H,9,11-13,16H2,1-4H3. The van der Waals surface area contributed by atoms with E-state index in [2.05, 4.69) is 14.7 Å². The monoisotopic (exact) mass is 535 g/mol. The Bertz CT molecular complexity index is 1370. The topological polar surface area (TPSA) is 108 Å². The van der Waals surface area contributed by atoms with Crippen molar-refractivity contribution in [3.63, 3.8) is 0 Å². The molecule has 12 heteroatoms. The van der Waals surface area contributed by atoms with E-state index in [1.165, 1.54) is 44.1 Å². The predicted molar refractivity (Wildman–Crippen MR) is 137 cm³/mol. The van der Waals surface area contributed by atoms with Gasteiger partial charge in [0.2, 0.25) is 15.9 Å². The lowest BCUT2D eigenvalue weighted by molar-refractivity contribution is -0.135. The number of hydrogen-bond donors (Lipinski definition) is 2. The lowest BCUT2D eigenvalue weighted by Gasteiger charge is -2.30. The minimum Gasteiger partial charge on any atom is -0.383 e. The molecule has 0 atom stereocenters. The van der Waals surface area contributed by atoms with Gasteiger partial charge in [0.15, 0.2) is 0 Å². The van der Waals surface area contributed by atoms with Gasteiger partial charge in [-0.05, 0) is 50.2 Å². The lowest BCUT2D eigenvalue weighted by Crippen LogP contribution is -2.55. The summed E-state index contributed by atoms with van der Waals surface area (Å²) in [6.45, 7) is 3.26. The molecule has 3 aromatic rings. The molecule has 4 rings (SSSR count). The van der Waals surface area contributed by atoms with Crippen LogP contribution in [0.3, 0.4) is 0 Å². The molecule has 3 heterocycles. The van der Waals surface area contributed by atoms with Crippen LogP contribution in [0.5, 0.6) is 0 Å². The van der Waals surface area contributed by atoms with Gasteiger partial charge in [-0.25, -0.2) is 17.2 Å². The zero-order chi connectivity index (χ0) is 27.0. The second kappa shape index (κ2) is 9.99. The summed E-state index contributed by atoms with van der Waals surface area (Å²) in [6.07, 6.45) is 1.35. The van der Waals surface area contributed by atoms with Gasteiger partial charge in [-0.3, -0.25) is 9.78 Å². The molecular formula is C25H31F2N5O4S. The Morgan fingerprint density at radius 3 is 2.70 bits per heavy atom. The molecule has 0 unspecified atom stereocenters. The van der Waals surface area contributed by atoms with Crippen molar-refractivity contribution in [2.75, 3.05) is 45.3 Å². The smallest absolute Gasteiger partial charge is 0.266 e. The third kappa shape index (κ3) is 5.76. The molecule has 1 amide bonds. The number of hydrogen-bond acceptors (Lipinski definition) is 6. The van der Waals surface area contributed by atoms with Gasteiger partial charge in [0.1, 0.15) is 5.54 Å². The van der Waals surface area contributed by atoms with Crippen LogP contribution >= 0.6 is 0 Å². The van der Waals surface area contributed by atoms with E-state index in [-0.39, 0.29) is 17.9 Å². The molecule has 200 valence electrons. The van der Waals surface area contributed by atoms with E-state index in [0.29, 0.717) is 35.6 Å². The molecule has 2 N–H and O–H groups in total. The molecule has 1 aliphatic heterocycles. The molecule has 37 heavy (non-hydrogen) atoms. The number of carbonyl (C=O) groups is 1. The zero-order valence-corrected chi connectivity index (χ0v) is 22.0. The molecule has 0 radical (unpaired) electrons. The number of ether oxygens (including phenoxy) is 1. The Labute approximate surface area is 214 Å². The van der Waals surface area contributed by atoms with Gasteiger partial charge in [-0.15, -0.1) is 0 Å². The molecule has 0 spiro atoms. The van der Waals surface area contributed by atoms with Crippen molar-refractivity contribution in [3.8, 4) is 11.3 Å². The highest BCUT2D eigenvalue weighted by Gasteiger charge is 2.40. The number of aromatic amines is 1. The number of likely N-dealkylation sites (N-methyl/N-ethyl adjacent to an activating group) is 1. The molecule has 0 bridgehead atoms. The van der Waals surface area contributed by atoms with Crippen molar-refractivity contribution >= 4 is 32.7 Å². The number of amides is 1. The van der Waals surface area contributed by atoms with Crippen LogP contribution in [0.4, 0.5) is 14.5 Å². The normalized spacial score (nSPS) is 15.9. The van der Waals surface area contributed by atoms with Gasteiger partial charge >= 0.3 is 0 Å². The second-order valence-corrected chi connectivity index (χ2v) is 11.5. The molecule has 0 aliphatic carbocycles. The van der Waals surface area contributed by atoms with Gasteiger partial charge in [0, 0.05) is 51.1 Å². The first kappa shape index (κ1) is 27.0. The number of H-pyrrole nitrogens is 1. The highest BCUT2D eigenvalue weighted by Crippen LogP contribution is 2.38. The summed E-state index contributed by atoms with van der Waals surface area (Å²) >= 11 is 0. The molecule has 1 saturated heterocycles. The Hall–Kier alpha value is -3.09. The molecule has 1 fully saturated rings.